The summed E-state index contributed by atoms with van der Waals surface area (Å²) in [4.78, 5) is 0. The molecule has 41 heavy (non-hydrogen) atoms. The Hall–Kier alpha value is -4.65. The van der Waals surface area contributed by atoms with Crippen molar-refractivity contribution in [1.29, 1.82) is 0 Å². The molecule has 0 N–H and O–H groups in total. The largest absolute Gasteiger partial charge is 0.0985 e. The van der Waals surface area contributed by atoms with Gasteiger partial charge in [0.15, 0.2) is 0 Å². The minimum Gasteiger partial charge on any atom is -0.0985 e. The van der Waals surface area contributed by atoms with Gasteiger partial charge in [-0.3, -0.25) is 0 Å². The zero-order chi connectivity index (χ0) is 28.1. The molecule has 0 fully saturated rings. The molecule has 6 aromatic carbocycles. The zero-order valence-electron chi connectivity index (χ0n) is 22.8. The van der Waals surface area contributed by atoms with Gasteiger partial charge < -0.3 is 0 Å². The minimum absolute atomic E-state index is 0.703. The molecule has 0 saturated heterocycles. The van der Waals surface area contributed by atoms with Crippen LogP contribution in [-0.4, -0.2) is 0 Å². The van der Waals surface area contributed by atoms with Crippen LogP contribution in [0.2, 0.25) is 5.02 Å². The molecule has 0 nitrogen and oxygen atoms in total. The van der Waals surface area contributed by atoms with E-state index in [1.807, 2.05) is 18.2 Å². The Morgan fingerprint density at radius 3 is 1.15 bits per heavy atom. The third-order valence-corrected chi connectivity index (χ3v) is 8.50. The highest BCUT2D eigenvalue weighted by Crippen LogP contribution is 2.60. The Morgan fingerprint density at radius 1 is 0.390 bits per heavy atom. The maximum Gasteiger partial charge on any atom is 0.0635 e. The van der Waals surface area contributed by atoms with E-state index in [1.54, 1.807) is 0 Å². The van der Waals surface area contributed by atoms with Gasteiger partial charge >= 0.3 is 0 Å². The van der Waals surface area contributed by atoms with Gasteiger partial charge in [0.05, 0.1) is 10.8 Å². The van der Waals surface area contributed by atoms with Crippen LogP contribution in [0.5, 0.6) is 0 Å². The fourth-order valence-corrected chi connectivity index (χ4v) is 6.86. The molecule has 0 heterocycles. The quantitative estimate of drug-likeness (QED) is 0.166. The lowest BCUT2D eigenvalue weighted by atomic mass is 9.46. The fraction of sp³-hybridized carbons (Fsp3) is 0.0500. The second-order valence-corrected chi connectivity index (χ2v) is 10.7. The second kappa shape index (κ2) is 11.5. The van der Waals surface area contributed by atoms with E-state index in [9.17, 15) is 0 Å². The highest BCUT2D eigenvalue weighted by atomic mass is 35.5. The molecular formula is C40H31Cl. The molecule has 1 atom stereocenters. The standard InChI is InChI=1S/C40H31Cl/c1-2-31-17-15-16-26-38(31)40(35-24-13-6-14-25-35,36-27-29-37(41)30-28-36)39(32-18-7-3-8-19-32,33-20-9-4-10-21-33)34-22-11-5-12-23-34/h2-30H,1H2. The van der Waals surface area contributed by atoms with Gasteiger partial charge in [0.2, 0.25) is 0 Å². The highest BCUT2D eigenvalue weighted by Gasteiger charge is 2.58. The van der Waals surface area contributed by atoms with E-state index in [4.69, 9.17) is 11.6 Å². The molecule has 0 aliphatic carbocycles. The summed E-state index contributed by atoms with van der Waals surface area (Å²) in [5, 5.41) is 0.706. The van der Waals surface area contributed by atoms with Crippen LogP contribution in [0.25, 0.3) is 6.08 Å². The van der Waals surface area contributed by atoms with Gasteiger partial charge in [0, 0.05) is 5.02 Å². The van der Waals surface area contributed by atoms with Crippen molar-refractivity contribution in [2.75, 3.05) is 0 Å². The number of hydrogen-bond donors (Lipinski definition) is 0. The zero-order valence-corrected chi connectivity index (χ0v) is 23.6. The average molecular weight is 547 g/mol. The van der Waals surface area contributed by atoms with Gasteiger partial charge in [-0.05, 0) is 51.1 Å². The van der Waals surface area contributed by atoms with Crippen molar-refractivity contribution in [1.82, 2.24) is 0 Å². The monoisotopic (exact) mass is 546 g/mol. The van der Waals surface area contributed by atoms with E-state index in [0.29, 0.717) is 5.02 Å². The lowest BCUT2D eigenvalue weighted by Crippen LogP contribution is -2.53. The van der Waals surface area contributed by atoms with Gasteiger partial charge in [0.25, 0.3) is 0 Å². The van der Waals surface area contributed by atoms with Crippen molar-refractivity contribution in [3.05, 3.63) is 220 Å². The SMILES string of the molecule is C=Cc1ccccc1C(c1ccccc1)(c1ccc(Cl)cc1)C(c1ccccc1)(c1ccccc1)c1ccccc1. The highest BCUT2D eigenvalue weighted by molar-refractivity contribution is 6.30. The second-order valence-electron chi connectivity index (χ2n) is 10.3. The number of hydrogen-bond acceptors (Lipinski definition) is 0. The first-order chi connectivity index (χ1) is 20.2. The average Bonchev–Trinajstić information content (AvgIpc) is 3.06. The molecule has 0 spiro atoms. The van der Waals surface area contributed by atoms with Gasteiger partial charge in [-0.15, -0.1) is 0 Å². The summed E-state index contributed by atoms with van der Waals surface area (Å²) in [5.41, 5.74) is 6.68. The predicted octanol–water partition coefficient (Wildman–Crippen LogP) is 10.4. The Bertz CT molecular complexity index is 1630. The lowest BCUT2D eigenvalue weighted by molar-refractivity contribution is 0.419. The summed E-state index contributed by atoms with van der Waals surface area (Å²) in [7, 11) is 0. The van der Waals surface area contributed by atoms with E-state index in [-0.39, 0.29) is 0 Å². The Labute approximate surface area is 248 Å². The molecule has 198 valence electrons. The van der Waals surface area contributed by atoms with Crippen molar-refractivity contribution in [3.8, 4) is 0 Å². The molecule has 0 aliphatic heterocycles. The summed E-state index contributed by atoms with van der Waals surface area (Å²) < 4.78 is 0. The first kappa shape index (κ1) is 26.6. The van der Waals surface area contributed by atoms with Crippen molar-refractivity contribution in [3.63, 3.8) is 0 Å². The Balaban J connectivity index is 1.97. The summed E-state index contributed by atoms with van der Waals surface area (Å²) >= 11 is 6.56. The molecular weight excluding hydrogens is 516 g/mol. The molecule has 0 aromatic heterocycles. The minimum atomic E-state index is -0.742. The molecule has 0 aliphatic rings. The van der Waals surface area contributed by atoms with Crippen LogP contribution in [-0.2, 0) is 10.8 Å². The topological polar surface area (TPSA) is 0 Å². The smallest absolute Gasteiger partial charge is 0.0635 e. The van der Waals surface area contributed by atoms with Gasteiger partial charge in [0.1, 0.15) is 0 Å². The maximum absolute atomic E-state index is 6.56. The van der Waals surface area contributed by atoms with E-state index in [2.05, 4.69) is 164 Å². The fourth-order valence-electron chi connectivity index (χ4n) is 6.73. The normalized spacial score (nSPS) is 12.8. The third kappa shape index (κ3) is 4.32. The number of benzene rings is 6. The van der Waals surface area contributed by atoms with Crippen LogP contribution in [0.1, 0.15) is 38.9 Å². The van der Waals surface area contributed by atoms with Gasteiger partial charge in [-0.1, -0.05) is 182 Å². The Kier molecular flexibility index (Phi) is 7.42. The van der Waals surface area contributed by atoms with Crippen LogP contribution in [0.4, 0.5) is 0 Å². The van der Waals surface area contributed by atoms with Crippen molar-refractivity contribution in [2.45, 2.75) is 10.8 Å². The molecule has 1 unspecified atom stereocenters. The number of rotatable bonds is 8. The van der Waals surface area contributed by atoms with E-state index >= 15 is 0 Å². The summed E-state index contributed by atoms with van der Waals surface area (Å²) in [6, 6.07) is 60.7. The van der Waals surface area contributed by atoms with E-state index in [0.717, 1.165) is 11.1 Å². The first-order valence-electron chi connectivity index (χ1n) is 13.9. The number of halogens is 1. The van der Waals surface area contributed by atoms with E-state index in [1.165, 1.54) is 27.8 Å². The molecule has 1 heteroatoms. The first-order valence-corrected chi connectivity index (χ1v) is 14.3. The summed E-state index contributed by atoms with van der Waals surface area (Å²) in [6.07, 6.45) is 1.98. The predicted molar refractivity (Wildman–Crippen MR) is 174 cm³/mol. The van der Waals surface area contributed by atoms with Gasteiger partial charge in [-0.2, -0.15) is 0 Å². The van der Waals surface area contributed by atoms with Gasteiger partial charge in [-0.25, -0.2) is 0 Å². The van der Waals surface area contributed by atoms with Crippen molar-refractivity contribution in [2.24, 2.45) is 0 Å². The third-order valence-electron chi connectivity index (χ3n) is 8.25. The van der Waals surface area contributed by atoms with Crippen LogP contribution < -0.4 is 0 Å². The molecule has 6 rings (SSSR count). The molecule has 6 aromatic rings. The van der Waals surface area contributed by atoms with Crippen LogP contribution >= 0.6 is 11.6 Å². The van der Waals surface area contributed by atoms with Crippen molar-refractivity contribution >= 4 is 17.7 Å². The Morgan fingerprint density at radius 2 is 0.732 bits per heavy atom. The molecule has 0 radical (unpaired) electrons. The summed E-state index contributed by atoms with van der Waals surface area (Å²) in [5.74, 6) is 0. The van der Waals surface area contributed by atoms with Crippen LogP contribution in [0.3, 0.4) is 0 Å². The summed E-state index contributed by atoms with van der Waals surface area (Å²) in [6.45, 7) is 4.29. The maximum atomic E-state index is 6.56. The molecule has 0 saturated carbocycles. The van der Waals surface area contributed by atoms with Crippen LogP contribution in [0, 0.1) is 0 Å². The van der Waals surface area contributed by atoms with Crippen molar-refractivity contribution < 1.29 is 0 Å². The van der Waals surface area contributed by atoms with E-state index < -0.39 is 10.8 Å². The lowest BCUT2D eigenvalue weighted by Gasteiger charge is -2.54. The van der Waals surface area contributed by atoms with Crippen LogP contribution in [0.15, 0.2) is 176 Å². The molecule has 0 bridgehead atoms. The molecule has 0 amide bonds.